The van der Waals surface area contributed by atoms with Gasteiger partial charge in [-0.1, -0.05) is 18.2 Å². The van der Waals surface area contributed by atoms with Gasteiger partial charge in [-0.05, 0) is 53.1 Å². The van der Waals surface area contributed by atoms with Crippen molar-refractivity contribution in [2.24, 2.45) is 0 Å². The van der Waals surface area contributed by atoms with Gasteiger partial charge < -0.3 is 90.8 Å². The van der Waals surface area contributed by atoms with E-state index in [0.717, 1.165) is 48.5 Å². The maximum absolute atomic E-state index is 12.3. The molecule has 15 N–H and O–H groups in total. The average Bonchev–Trinajstić information content (AvgIpc) is 3.22. The molecule has 18 nitrogen and oxygen atoms in total. The molecule has 9 rings (SSSR count). The predicted octanol–water partition coefficient (Wildman–Crippen LogP) is 4.44. The molecule has 3 heterocycles. The smallest absolute Gasteiger partial charge is 0.157 e. The summed E-state index contributed by atoms with van der Waals surface area (Å²) in [5, 5.41) is 166. The van der Waals surface area contributed by atoms with Crippen molar-refractivity contribution in [3.8, 4) is 86.2 Å². The van der Waals surface area contributed by atoms with Crippen LogP contribution in [-0.2, 0) is 6.42 Å². The molecule has 0 unspecified atom stereocenters. The molecule has 0 aliphatic carbocycles. The zero-order valence-electron chi connectivity index (χ0n) is 32.3. The second-order valence-corrected chi connectivity index (χ2v) is 15.7. The summed E-state index contributed by atoms with van der Waals surface area (Å²) in [6.45, 7) is 0. The minimum atomic E-state index is -1.91. The third kappa shape index (κ3) is 6.46. The Labute approximate surface area is 354 Å². The number of hydrogen-bond donors (Lipinski definition) is 15. The maximum atomic E-state index is 12.3. The van der Waals surface area contributed by atoms with Gasteiger partial charge in [0.25, 0.3) is 0 Å². The van der Waals surface area contributed by atoms with E-state index in [9.17, 15) is 76.6 Å². The molecule has 6 aromatic rings. The van der Waals surface area contributed by atoms with Crippen molar-refractivity contribution in [3.05, 3.63) is 123 Å². The van der Waals surface area contributed by atoms with Crippen LogP contribution in [0.15, 0.2) is 78.9 Å². The number of fused-ring (bicyclic) bond motifs is 3. The van der Waals surface area contributed by atoms with Gasteiger partial charge >= 0.3 is 0 Å². The van der Waals surface area contributed by atoms with Crippen molar-refractivity contribution >= 4 is 0 Å². The summed E-state index contributed by atoms with van der Waals surface area (Å²) in [6, 6.07) is 14.6. The SMILES string of the molecule is Oc1cc(O)c2c(c1)O[C@H](c1ccc(O)c(O)c1)[C@@H](O)[C@@H]2c1c(O)cc(O)c2c1O[C@H](c1ccc(O)c(O)c1)[C@@H](O)[C@@H]2c1c(O)cc2c(c1O)C[C@H](O)[C@@H](c1ccc(O)c(O)c1)O2. The molecule has 0 saturated carbocycles. The molecule has 0 amide bonds. The Morgan fingerprint density at radius 2 is 0.825 bits per heavy atom. The highest BCUT2D eigenvalue weighted by atomic mass is 16.5. The topological polar surface area (TPSA) is 331 Å². The van der Waals surface area contributed by atoms with E-state index in [0.29, 0.717) is 0 Å². The van der Waals surface area contributed by atoms with Gasteiger partial charge in [0.2, 0.25) is 0 Å². The van der Waals surface area contributed by atoms with Crippen molar-refractivity contribution in [1.82, 2.24) is 0 Å². The first-order chi connectivity index (χ1) is 29.9. The second-order valence-electron chi connectivity index (χ2n) is 15.7. The fourth-order valence-electron chi connectivity index (χ4n) is 8.93. The predicted molar refractivity (Wildman–Crippen MR) is 214 cm³/mol. The maximum Gasteiger partial charge on any atom is 0.157 e. The van der Waals surface area contributed by atoms with Crippen LogP contribution in [0.5, 0.6) is 86.2 Å². The molecule has 8 atom stereocenters. The molecular formula is C45H38O18. The minimum Gasteiger partial charge on any atom is -0.508 e. The van der Waals surface area contributed by atoms with Gasteiger partial charge in [0.15, 0.2) is 46.7 Å². The van der Waals surface area contributed by atoms with Crippen LogP contribution in [0.25, 0.3) is 0 Å². The van der Waals surface area contributed by atoms with E-state index in [1.54, 1.807) is 0 Å². The molecule has 63 heavy (non-hydrogen) atoms. The van der Waals surface area contributed by atoms with Gasteiger partial charge in [-0.15, -0.1) is 0 Å². The van der Waals surface area contributed by atoms with E-state index >= 15 is 0 Å². The zero-order chi connectivity index (χ0) is 44.9. The Kier molecular flexibility index (Phi) is 9.46. The Morgan fingerprint density at radius 3 is 1.35 bits per heavy atom. The highest BCUT2D eigenvalue weighted by Gasteiger charge is 2.50. The summed E-state index contributed by atoms with van der Waals surface area (Å²) in [5.41, 5.74) is -1.17. The van der Waals surface area contributed by atoms with Crippen molar-refractivity contribution < 1.29 is 90.8 Å². The third-order valence-corrected chi connectivity index (χ3v) is 11.8. The summed E-state index contributed by atoms with van der Waals surface area (Å²) in [6.07, 6.45) is -9.76. The number of aliphatic hydroxyl groups is 3. The zero-order valence-corrected chi connectivity index (χ0v) is 32.3. The first-order valence-electron chi connectivity index (χ1n) is 19.3. The highest BCUT2D eigenvalue weighted by molar-refractivity contribution is 5.70. The molecule has 0 radical (unpaired) electrons. The lowest BCUT2D eigenvalue weighted by atomic mass is 9.73. The van der Waals surface area contributed by atoms with Crippen molar-refractivity contribution in [2.75, 3.05) is 0 Å². The van der Waals surface area contributed by atoms with E-state index in [-0.39, 0.29) is 56.9 Å². The molecule has 3 aliphatic heterocycles. The number of hydrogen-bond acceptors (Lipinski definition) is 18. The molecule has 326 valence electrons. The molecule has 0 saturated heterocycles. The van der Waals surface area contributed by atoms with Crippen LogP contribution in [0.2, 0.25) is 0 Å². The first-order valence-corrected chi connectivity index (χ1v) is 19.3. The number of rotatable bonds is 5. The van der Waals surface area contributed by atoms with E-state index in [2.05, 4.69) is 0 Å². The molecule has 3 aliphatic rings. The van der Waals surface area contributed by atoms with E-state index in [4.69, 9.17) is 14.2 Å². The standard InChI is InChI=1S/C45H38O18/c46-18-10-26(53)33-32(11-18)62-43(16-2-5-21(48)24(51)8-16)40(59)37(33)35-27(54)13-28(55)36-38(41(60)44(63-45(35)36)17-3-6-22(49)25(52)9-17)34-29(56)14-31-19(39(34)58)12-30(57)42(61-31)15-1-4-20(47)23(50)7-15/h1-11,13-14,30,37-38,40-44,46-60H,12H2/t30-,37-,38+,40-,41-,42+,43+,44+/m0/s1. The quantitative estimate of drug-likeness (QED) is 0.106. The molecular weight excluding hydrogens is 828 g/mol. The Bertz CT molecular complexity index is 2840. The van der Waals surface area contributed by atoms with E-state index < -0.39 is 129 Å². The molecule has 18 heteroatoms. The van der Waals surface area contributed by atoms with Crippen LogP contribution in [0.3, 0.4) is 0 Å². The number of ether oxygens (including phenoxy) is 3. The number of phenolic OH excluding ortho intramolecular Hbond substituents is 12. The first kappa shape index (κ1) is 40.6. The highest BCUT2D eigenvalue weighted by Crippen LogP contribution is 2.62. The largest absolute Gasteiger partial charge is 0.508 e. The van der Waals surface area contributed by atoms with Crippen LogP contribution < -0.4 is 14.2 Å². The summed E-state index contributed by atoms with van der Waals surface area (Å²) in [7, 11) is 0. The number of phenols is 12. The fraction of sp³-hybridized carbons (Fsp3) is 0.200. The Hall–Kier alpha value is -7.80. The van der Waals surface area contributed by atoms with Crippen LogP contribution in [0.4, 0.5) is 0 Å². The minimum absolute atomic E-state index is 0.0175. The van der Waals surface area contributed by atoms with Gasteiger partial charge in [-0.25, -0.2) is 0 Å². The lowest BCUT2D eigenvalue weighted by molar-refractivity contribution is -0.00377. The molecule has 6 aromatic carbocycles. The van der Waals surface area contributed by atoms with Crippen molar-refractivity contribution in [2.45, 2.75) is 54.9 Å². The van der Waals surface area contributed by atoms with Crippen LogP contribution in [-0.4, -0.2) is 94.9 Å². The van der Waals surface area contributed by atoms with Gasteiger partial charge in [-0.2, -0.15) is 0 Å². The number of aromatic hydroxyl groups is 12. The normalized spacial score (nSPS) is 23.6. The summed E-state index contributed by atoms with van der Waals surface area (Å²) >= 11 is 0. The molecule has 0 fully saturated rings. The van der Waals surface area contributed by atoms with Gasteiger partial charge in [0.1, 0.15) is 70.1 Å². The fourth-order valence-corrected chi connectivity index (χ4v) is 8.93. The number of aliphatic hydroxyl groups excluding tert-OH is 3. The summed E-state index contributed by atoms with van der Waals surface area (Å²) < 4.78 is 18.5. The van der Waals surface area contributed by atoms with Crippen LogP contribution >= 0.6 is 0 Å². The van der Waals surface area contributed by atoms with Crippen molar-refractivity contribution in [3.63, 3.8) is 0 Å². The molecule has 0 bridgehead atoms. The van der Waals surface area contributed by atoms with E-state index in [1.165, 1.54) is 30.3 Å². The lowest BCUT2D eigenvalue weighted by Crippen LogP contribution is -2.38. The third-order valence-electron chi connectivity index (χ3n) is 11.8. The summed E-state index contributed by atoms with van der Waals surface area (Å²) in [5.74, 6) is -11.5. The van der Waals surface area contributed by atoms with Crippen LogP contribution in [0.1, 0.15) is 74.7 Å². The monoisotopic (exact) mass is 866 g/mol. The Morgan fingerprint density at radius 1 is 0.381 bits per heavy atom. The van der Waals surface area contributed by atoms with Gasteiger partial charge in [-0.3, -0.25) is 0 Å². The molecule has 0 spiro atoms. The van der Waals surface area contributed by atoms with Gasteiger partial charge in [0, 0.05) is 58.5 Å². The molecule has 0 aromatic heterocycles. The van der Waals surface area contributed by atoms with Crippen LogP contribution in [0, 0.1) is 0 Å². The Balaban J connectivity index is 1.26. The lowest BCUT2D eigenvalue weighted by Gasteiger charge is -2.42. The summed E-state index contributed by atoms with van der Waals surface area (Å²) in [4.78, 5) is 0. The van der Waals surface area contributed by atoms with Gasteiger partial charge in [0.05, 0.1) is 17.9 Å². The second kappa shape index (κ2) is 14.7. The number of benzene rings is 6. The van der Waals surface area contributed by atoms with E-state index in [1.807, 2.05) is 0 Å². The average molecular weight is 867 g/mol. The van der Waals surface area contributed by atoms with Crippen molar-refractivity contribution in [1.29, 1.82) is 0 Å².